The van der Waals surface area contributed by atoms with Crippen LogP contribution < -0.4 is 4.89 Å². The van der Waals surface area contributed by atoms with E-state index in [4.69, 9.17) is 18.5 Å². The lowest BCUT2D eigenvalue weighted by atomic mass is 10.1. The van der Waals surface area contributed by atoms with Gasteiger partial charge in [0.2, 0.25) is 0 Å². The Balaban J connectivity index is 3.87. The maximum absolute atomic E-state index is 12.1. The van der Waals surface area contributed by atoms with Gasteiger partial charge in [0.1, 0.15) is 19.3 Å². The summed E-state index contributed by atoms with van der Waals surface area (Å²) in [5.74, 6) is -0.388. The van der Waals surface area contributed by atoms with Crippen LogP contribution in [-0.2, 0) is 27.9 Å². The minimum absolute atomic E-state index is 0.0256. The van der Waals surface area contributed by atoms with Crippen LogP contribution in [0.3, 0.4) is 0 Å². The Morgan fingerprint density at radius 3 is 1.80 bits per heavy atom. The number of hydrogen-bond donors (Lipinski definition) is 0. The van der Waals surface area contributed by atoms with E-state index in [-0.39, 0.29) is 32.2 Å². The Bertz CT molecular complexity index is 681. The highest BCUT2D eigenvalue weighted by molar-refractivity contribution is 7.45. The first-order valence-electron chi connectivity index (χ1n) is 16.4. The second kappa shape index (κ2) is 26.8. The van der Waals surface area contributed by atoms with Crippen molar-refractivity contribution in [3.8, 4) is 0 Å². The van der Waals surface area contributed by atoms with Gasteiger partial charge in [-0.15, -0.1) is 0 Å². The van der Waals surface area contributed by atoms with E-state index in [1.807, 2.05) is 28.1 Å². The molecule has 2 unspecified atom stereocenters. The van der Waals surface area contributed by atoms with Crippen LogP contribution in [0.2, 0.25) is 0 Å². The van der Waals surface area contributed by atoms with Crippen LogP contribution >= 0.6 is 7.82 Å². The Labute approximate surface area is 252 Å². The van der Waals surface area contributed by atoms with Crippen molar-refractivity contribution in [3.63, 3.8) is 0 Å². The van der Waals surface area contributed by atoms with Gasteiger partial charge in [-0.2, -0.15) is 0 Å². The fraction of sp³-hybridized carbons (Fsp3) is 0.906. The van der Waals surface area contributed by atoms with Gasteiger partial charge in [-0.05, 0) is 38.5 Å². The average molecular weight is 606 g/mol. The van der Waals surface area contributed by atoms with Gasteiger partial charge in [-0.1, -0.05) is 96.6 Å². The number of nitrogens with zero attached hydrogens (tertiary/aromatic N) is 1. The van der Waals surface area contributed by atoms with Crippen molar-refractivity contribution in [2.45, 2.75) is 136 Å². The molecule has 0 aromatic heterocycles. The molecular formula is C32H64NO7P. The van der Waals surface area contributed by atoms with E-state index in [0.29, 0.717) is 24.1 Å². The molecule has 244 valence electrons. The number of esters is 1. The van der Waals surface area contributed by atoms with Crippen LogP contribution in [0.1, 0.15) is 129 Å². The smallest absolute Gasteiger partial charge is 0.306 e. The minimum Gasteiger partial charge on any atom is -0.756 e. The largest absolute Gasteiger partial charge is 0.756 e. The fourth-order valence-corrected chi connectivity index (χ4v) is 4.95. The van der Waals surface area contributed by atoms with Crippen molar-refractivity contribution >= 4 is 13.8 Å². The van der Waals surface area contributed by atoms with E-state index >= 15 is 0 Å². The second-order valence-corrected chi connectivity index (χ2v) is 13.6. The zero-order valence-corrected chi connectivity index (χ0v) is 28.1. The summed E-state index contributed by atoms with van der Waals surface area (Å²) in [6.45, 7) is 5.02. The molecule has 0 heterocycles. The number of phosphoric acid groups is 1. The highest BCUT2D eigenvalue weighted by atomic mass is 31.2. The summed E-state index contributed by atoms with van der Waals surface area (Å²) in [6.07, 6.45) is 25.1. The molecule has 0 fully saturated rings. The van der Waals surface area contributed by atoms with E-state index in [2.05, 4.69) is 19.1 Å². The van der Waals surface area contributed by atoms with E-state index in [9.17, 15) is 14.3 Å². The third kappa shape index (κ3) is 30.5. The summed E-state index contributed by atoms with van der Waals surface area (Å²) in [7, 11) is 1.35. The van der Waals surface area contributed by atoms with Gasteiger partial charge in [0, 0.05) is 13.0 Å². The lowest BCUT2D eigenvalue weighted by molar-refractivity contribution is -0.870. The van der Waals surface area contributed by atoms with Crippen molar-refractivity contribution in [2.24, 2.45) is 0 Å². The predicted molar refractivity (Wildman–Crippen MR) is 167 cm³/mol. The molecule has 0 aromatic carbocycles. The number of hydrogen-bond acceptors (Lipinski definition) is 7. The lowest BCUT2D eigenvalue weighted by Gasteiger charge is -2.28. The molecule has 0 aliphatic carbocycles. The molecule has 0 spiro atoms. The van der Waals surface area contributed by atoms with Crippen LogP contribution in [0.25, 0.3) is 0 Å². The fourth-order valence-electron chi connectivity index (χ4n) is 4.22. The number of phosphoric ester groups is 1. The van der Waals surface area contributed by atoms with Gasteiger partial charge in [0.25, 0.3) is 7.82 Å². The normalized spacial score (nSPS) is 14.4. The van der Waals surface area contributed by atoms with Crippen molar-refractivity contribution in [3.05, 3.63) is 12.2 Å². The number of carbonyl (C=O) groups excluding carboxylic acids is 1. The molecule has 2 atom stereocenters. The van der Waals surface area contributed by atoms with Crippen LogP contribution in [0.5, 0.6) is 0 Å². The molecule has 0 aromatic rings. The molecule has 0 aliphatic heterocycles. The predicted octanol–water partition coefficient (Wildman–Crippen LogP) is 7.74. The first-order valence-corrected chi connectivity index (χ1v) is 17.9. The highest BCUT2D eigenvalue weighted by Gasteiger charge is 2.20. The number of ether oxygens (including phenoxy) is 2. The quantitative estimate of drug-likeness (QED) is 0.0272. The molecule has 0 aliphatic rings. The van der Waals surface area contributed by atoms with Gasteiger partial charge in [0.05, 0.1) is 34.4 Å². The molecule has 0 amide bonds. The van der Waals surface area contributed by atoms with Crippen LogP contribution in [0.15, 0.2) is 12.2 Å². The molecule has 0 saturated carbocycles. The van der Waals surface area contributed by atoms with Gasteiger partial charge >= 0.3 is 5.97 Å². The van der Waals surface area contributed by atoms with Gasteiger partial charge in [0.15, 0.2) is 0 Å². The Hall–Kier alpha value is -0.760. The first kappa shape index (κ1) is 40.2. The van der Waals surface area contributed by atoms with Gasteiger partial charge < -0.3 is 27.9 Å². The standard InChI is InChI=1S/C32H64NO7P/c1-6-8-9-10-11-12-13-14-15-16-17-18-19-20-21-22-23-24-27-37-29-31(40-32(34)25-7-2)30-39-41(35,36)38-28-26-33(3,4)5/h14-15,31H,6-13,16-30H2,1-5H3/b15-14-. The van der Waals surface area contributed by atoms with Crippen molar-refractivity contribution < 1.29 is 37.3 Å². The number of carbonyl (C=O) groups is 1. The van der Waals surface area contributed by atoms with Crippen LogP contribution in [0.4, 0.5) is 0 Å². The highest BCUT2D eigenvalue weighted by Crippen LogP contribution is 2.38. The molecular weight excluding hydrogens is 541 g/mol. The maximum Gasteiger partial charge on any atom is 0.306 e. The lowest BCUT2D eigenvalue weighted by Crippen LogP contribution is -2.37. The summed E-state index contributed by atoms with van der Waals surface area (Å²) in [4.78, 5) is 24.0. The van der Waals surface area contributed by atoms with Gasteiger partial charge in [-0.25, -0.2) is 0 Å². The van der Waals surface area contributed by atoms with E-state index < -0.39 is 13.9 Å². The van der Waals surface area contributed by atoms with Crippen LogP contribution in [-0.4, -0.2) is 70.7 Å². The van der Waals surface area contributed by atoms with Crippen molar-refractivity contribution in [1.29, 1.82) is 0 Å². The molecule has 8 nitrogen and oxygen atoms in total. The number of allylic oxidation sites excluding steroid dienone is 2. The topological polar surface area (TPSA) is 94.1 Å². The summed E-state index contributed by atoms with van der Waals surface area (Å²) in [5.41, 5.74) is 0. The Morgan fingerprint density at radius 1 is 0.732 bits per heavy atom. The third-order valence-corrected chi connectivity index (χ3v) is 7.75. The average Bonchev–Trinajstić information content (AvgIpc) is 2.89. The molecule has 0 saturated heterocycles. The molecule has 0 radical (unpaired) electrons. The minimum atomic E-state index is -4.48. The number of likely N-dealkylation sites (N-methyl/N-ethyl adjacent to an activating group) is 1. The number of quaternary nitrogens is 1. The monoisotopic (exact) mass is 605 g/mol. The van der Waals surface area contributed by atoms with Gasteiger partial charge in [-0.3, -0.25) is 9.36 Å². The third-order valence-electron chi connectivity index (χ3n) is 6.79. The zero-order valence-electron chi connectivity index (χ0n) is 27.2. The molecule has 0 bridgehead atoms. The Morgan fingerprint density at radius 2 is 1.27 bits per heavy atom. The molecule has 0 N–H and O–H groups in total. The molecule has 41 heavy (non-hydrogen) atoms. The van der Waals surface area contributed by atoms with E-state index in [1.54, 1.807) is 0 Å². The summed E-state index contributed by atoms with van der Waals surface area (Å²) in [5, 5.41) is 0. The Kier molecular flexibility index (Phi) is 26.3. The van der Waals surface area contributed by atoms with Crippen molar-refractivity contribution in [2.75, 3.05) is 54.1 Å². The second-order valence-electron chi connectivity index (χ2n) is 12.2. The summed E-state index contributed by atoms with van der Waals surface area (Å²) in [6, 6.07) is 0. The van der Waals surface area contributed by atoms with Crippen molar-refractivity contribution in [1.82, 2.24) is 0 Å². The number of rotatable bonds is 30. The molecule has 0 rings (SSSR count). The number of unbranched alkanes of at least 4 members (excludes halogenated alkanes) is 14. The van der Waals surface area contributed by atoms with E-state index in [1.165, 1.54) is 89.9 Å². The first-order chi connectivity index (χ1) is 19.6. The summed E-state index contributed by atoms with van der Waals surface area (Å²) >= 11 is 0. The SMILES string of the molecule is CCCCCCCC/C=C\CCCCCCCCCCOCC(COP(=O)([O-])OCC[N+](C)(C)C)OC(=O)CCC. The zero-order chi connectivity index (χ0) is 30.7. The van der Waals surface area contributed by atoms with E-state index in [0.717, 1.165) is 12.8 Å². The summed E-state index contributed by atoms with van der Waals surface area (Å²) < 4.78 is 33.6. The van der Waals surface area contributed by atoms with Crippen LogP contribution in [0, 0.1) is 0 Å². The maximum atomic E-state index is 12.1. The molecule has 9 heteroatoms.